The first kappa shape index (κ1) is 21.6. The number of rotatable bonds is 5. The van der Waals surface area contributed by atoms with Crippen molar-refractivity contribution in [3.8, 4) is 0 Å². The molecule has 1 N–H and O–H groups in total. The van der Waals surface area contributed by atoms with Crippen LogP contribution in [0.5, 0.6) is 0 Å². The third-order valence-electron chi connectivity index (χ3n) is 4.23. The number of amides is 1. The van der Waals surface area contributed by atoms with Crippen molar-refractivity contribution in [3.63, 3.8) is 0 Å². The highest BCUT2D eigenvalue weighted by Gasteiger charge is 2.33. The minimum Gasteiger partial charge on any atom is -0.324 e. The Bertz CT molecular complexity index is 1370. The summed E-state index contributed by atoms with van der Waals surface area (Å²) in [6.07, 6.45) is -4.65. The van der Waals surface area contributed by atoms with Crippen LogP contribution in [-0.2, 0) is 17.5 Å². The zero-order valence-corrected chi connectivity index (χ0v) is 16.8. The molecule has 7 nitrogen and oxygen atoms in total. The number of hydrogen-bond donors (Lipinski definition) is 1. The van der Waals surface area contributed by atoms with Crippen molar-refractivity contribution in [1.29, 1.82) is 0 Å². The normalized spacial score (nSPS) is 11.6. The van der Waals surface area contributed by atoms with Gasteiger partial charge in [-0.1, -0.05) is 30.0 Å². The first-order chi connectivity index (χ1) is 15.2. The third-order valence-corrected chi connectivity index (χ3v) is 5.15. The van der Waals surface area contributed by atoms with Crippen molar-refractivity contribution in [3.05, 3.63) is 82.5 Å². The molecule has 4 aromatic rings. The van der Waals surface area contributed by atoms with E-state index in [1.54, 1.807) is 12.1 Å². The van der Waals surface area contributed by atoms with Crippen LogP contribution in [0.15, 0.2) is 75.4 Å². The van der Waals surface area contributed by atoms with Crippen molar-refractivity contribution < 1.29 is 22.4 Å². The Morgan fingerprint density at radius 3 is 2.56 bits per heavy atom. The molecule has 1 amide bonds. The SMILES string of the molecule is O=C(Cn1nc2ccc(Sc3cccc(F)c3)nn2c1=O)Nc1ccccc1C(F)(F)F. The number of fused-ring (bicyclic) bond motifs is 1. The summed E-state index contributed by atoms with van der Waals surface area (Å²) < 4.78 is 54.4. The van der Waals surface area contributed by atoms with Gasteiger partial charge < -0.3 is 5.32 Å². The van der Waals surface area contributed by atoms with Gasteiger partial charge in [-0.05, 0) is 42.5 Å². The number of nitrogens with zero attached hydrogens (tertiary/aromatic N) is 4. The Labute approximate surface area is 181 Å². The quantitative estimate of drug-likeness (QED) is 0.455. The number of carbonyl (C=O) groups is 1. The van der Waals surface area contributed by atoms with Crippen LogP contribution in [0.4, 0.5) is 23.2 Å². The van der Waals surface area contributed by atoms with E-state index in [0.717, 1.165) is 33.1 Å². The summed E-state index contributed by atoms with van der Waals surface area (Å²) >= 11 is 1.12. The van der Waals surface area contributed by atoms with Crippen LogP contribution in [-0.4, -0.2) is 25.3 Å². The molecule has 2 aromatic carbocycles. The predicted octanol–water partition coefficient (Wildman–Crippen LogP) is 3.84. The van der Waals surface area contributed by atoms with Crippen LogP contribution in [0.3, 0.4) is 0 Å². The van der Waals surface area contributed by atoms with Crippen LogP contribution in [0.25, 0.3) is 5.65 Å². The van der Waals surface area contributed by atoms with E-state index in [0.29, 0.717) is 9.92 Å². The largest absolute Gasteiger partial charge is 0.418 e. The van der Waals surface area contributed by atoms with E-state index in [1.165, 1.54) is 36.4 Å². The first-order valence-electron chi connectivity index (χ1n) is 9.07. The molecule has 12 heteroatoms. The molecule has 0 spiro atoms. The van der Waals surface area contributed by atoms with E-state index in [4.69, 9.17) is 0 Å². The fraction of sp³-hybridized carbons (Fsp3) is 0.100. The molecule has 0 saturated carbocycles. The fourth-order valence-electron chi connectivity index (χ4n) is 2.87. The molecule has 0 aliphatic carbocycles. The van der Waals surface area contributed by atoms with Crippen LogP contribution in [0.1, 0.15) is 5.56 Å². The smallest absolute Gasteiger partial charge is 0.324 e. The molecule has 0 bridgehead atoms. The average Bonchev–Trinajstić information content (AvgIpc) is 3.02. The Morgan fingerprint density at radius 2 is 1.81 bits per heavy atom. The van der Waals surface area contributed by atoms with E-state index in [-0.39, 0.29) is 5.65 Å². The lowest BCUT2D eigenvalue weighted by molar-refractivity contribution is -0.137. The van der Waals surface area contributed by atoms with Crippen LogP contribution in [0, 0.1) is 5.82 Å². The summed E-state index contributed by atoms with van der Waals surface area (Å²) in [6, 6.07) is 13.4. The van der Waals surface area contributed by atoms with Gasteiger partial charge in [0.15, 0.2) is 5.65 Å². The van der Waals surface area contributed by atoms with E-state index >= 15 is 0 Å². The van der Waals surface area contributed by atoms with Gasteiger partial charge in [-0.15, -0.1) is 5.10 Å². The molecule has 0 unspecified atom stereocenters. The summed E-state index contributed by atoms with van der Waals surface area (Å²) in [5.74, 6) is -1.28. The molecular weight excluding hydrogens is 450 g/mol. The molecule has 0 aliphatic heterocycles. The average molecular weight is 463 g/mol. The highest BCUT2D eigenvalue weighted by Crippen LogP contribution is 2.34. The molecule has 0 saturated heterocycles. The summed E-state index contributed by atoms with van der Waals surface area (Å²) in [7, 11) is 0. The van der Waals surface area contributed by atoms with E-state index in [1.807, 2.05) is 0 Å². The maximum atomic E-state index is 13.4. The number of aromatic nitrogens is 4. The van der Waals surface area contributed by atoms with Crippen LogP contribution >= 0.6 is 11.8 Å². The number of nitrogens with one attached hydrogen (secondary N) is 1. The number of para-hydroxylation sites is 1. The van der Waals surface area contributed by atoms with Gasteiger partial charge >= 0.3 is 11.9 Å². The lowest BCUT2D eigenvalue weighted by atomic mass is 10.1. The second kappa shape index (κ2) is 8.46. The Morgan fingerprint density at radius 1 is 1.03 bits per heavy atom. The summed E-state index contributed by atoms with van der Waals surface area (Å²) in [5.41, 5.74) is -2.03. The molecule has 0 aliphatic rings. The highest BCUT2D eigenvalue weighted by molar-refractivity contribution is 7.99. The second-order valence-electron chi connectivity index (χ2n) is 6.53. The standard InChI is InChI=1S/C20H13F4N5O2S/c21-12-4-3-5-13(10-12)32-18-9-8-16-26-28(19(31)29(16)27-18)11-17(30)25-15-7-2-1-6-14(15)20(22,23)24/h1-10H,11H2,(H,25,30). The Balaban J connectivity index is 1.55. The molecule has 4 rings (SSSR count). The summed E-state index contributed by atoms with van der Waals surface area (Å²) in [5, 5.41) is 10.7. The molecule has 0 atom stereocenters. The van der Waals surface area contributed by atoms with Gasteiger partial charge in [0, 0.05) is 4.90 Å². The molecule has 0 radical (unpaired) electrons. The Hall–Kier alpha value is -3.67. The highest BCUT2D eigenvalue weighted by atomic mass is 32.2. The maximum absolute atomic E-state index is 13.4. The molecule has 164 valence electrons. The van der Waals surface area contributed by atoms with Crippen molar-refractivity contribution in [2.75, 3.05) is 5.32 Å². The van der Waals surface area contributed by atoms with E-state index < -0.39 is 41.4 Å². The molecule has 2 aromatic heterocycles. The zero-order chi connectivity index (χ0) is 22.9. The monoisotopic (exact) mass is 463 g/mol. The minimum absolute atomic E-state index is 0.141. The molecule has 32 heavy (non-hydrogen) atoms. The molecular formula is C20H13F4N5O2S. The van der Waals surface area contributed by atoms with Gasteiger partial charge in [-0.25, -0.2) is 13.9 Å². The van der Waals surface area contributed by atoms with Crippen molar-refractivity contribution >= 4 is 29.0 Å². The lowest BCUT2D eigenvalue weighted by Gasteiger charge is -2.13. The number of alkyl halides is 3. The number of hydrogen-bond acceptors (Lipinski definition) is 5. The minimum atomic E-state index is -4.65. The second-order valence-corrected chi connectivity index (χ2v) is 7.63. The third kappa shape index (κ3) is 4.64. The van der Waals surface area contributed by atoms with Crippen molar-refractivity contribution in [1.82, 2.24) is 19.4 Å². The molecule has 0 fully saturated rings. The van der Waals surface area contributed by atoms with Crippen molar-refractivity contribution in [2.24, 2.45) is 0 Å². The Kier molecular flexibility index (Phi) is 5.70. The van der Waals surface area contributed by atoms with Gasteiger partial charge in [0.2, 0.25) is 5.91 Å². The summed E-state index contributed by atoms with van der Waals surface area (Å²) in [6.45, 7) is -0.610. The predicted molar refractivity (Wildman–Crippen MR) is 108 cm³/mol. The van der Waals surface area contributed by atoms with Crippen LogP contribution < -0.4 is 11.0 Å². The lowest BCUT2D eigenvalue weighted by Crippen LogP contribution is -2.29. The number of anilines is 1. The van der Waals surface area contributed by atoms with E-state index in [2.05, 4.69) is 15.5 Å². The maximum Gasteiger partial charge on any atom is 0.418 e. The topological polar surface area (TPSA) is 81.3 Å². The van der Waals surface area contributed by atoms with Crippen molar-refractivity contribution in [2.45, 2.75) is 22.6 Å². The van der Waals surface area contributed by atoms with Gasteiger partial charge in [0.25, 0.3) is 0 Å². The molecule has 2 heterocycles. The number of carbonyl (C=O) groups excluding carboxylic acids is 1. The fourth-order valence-corrected chi connectivity index (χ4v) is 3.68. The first-order valence-corrected chi connectivity index (χ1v) is 9.89. The zero-order valence-electron chi connectivity index (χ0n) is 16.0. The number of halogens is 4. The summed E-state index contributed by atoms with van der Waals surface area (Å²) in [4.78, 5) is 25.4. The van der Waals surface area contributed by atoms with Gasteiger partial charge in [0.1, 0.15) is 17.4 Å². The number of benzene rings is 2. The van der Waals surface area contributed by atoms with Gasteiger partial charge in [0.05, 0.1) is 11.3 Å². The van der Waals surface area contributed by atoms with Crippen LogP contribution in [0.2, 0.25) is 0 Å². The van der Waals surface area contributed by atoms with Gasteiger partial charge in [-0.3, -0.25) is 4.79 Å². The van der Waals surface area contributed by atoms with E-state index in [9.17, 15) is 27.2 Å². The van der Waals surface area contributed by atoms with Gasteiger partial charge in [-0.2, -0.15) is 22.8 Å².